The molecule has 224 valence electrons. The molecule has 0 aliphatic rings. The smallest absolute Gasteiger partial charge is 0.0634 e. The van der Waals surface area contributed by atoms with Crippen molar-refractivity contribution in [2.75, 3.05) is 0 Å². The van der Waals surface area contributed by atoms with Crippen LogP contribution in [-0.2, 0) is 0 Å². The van der Waals surface area contributed by atoms with E-state index < -0.39 is 0 Å². The molecule has 10 rings (SSSR count). The summed E-state index contributed by atoms with van der Waals surface area (Å²) in [6.45, 7) is 0. The van der Waals surface area contributed by atoms with Crippen molar-refractivity contribution in [1.29, 1.82) is 0 Å². The van der Waals surface area contributed by atoms with Crippen molar-refractivity contribution in [2.45, 2.75) is 0 Å². The fourth-order valence-electron chi connectivity index (χ4n) is 7.55. The first-order valence-corrected chi connectivity index (χ1v) is 17.3. The Morgan fingerprint density at radius 2 is 0.854 bits per heavy atom. The zero-order valence-electron chi connectivity index (χ0n) is 26.1. The van der Waals surface area contributed by atoms with E-state index in [0.29, 0.717) is 0 Å². The SMILES string of the molecule is c1ccc(-c2ccc(-n3c4ccc(-c5ccccc5)cc4c4c5sc6ccc(-c7ccccc7)cc6c5c5ccccc5c43)cc2)cc1. The van der Waals surface area contributed by atoms with Crippen LogP contribution in [0, 0.1) is 0 Å². The molecule has 8 aromatic carbocycles. The minimum atomic E-state index is 1.17. The molecule has 0 aliphatic carbocycles. The summed E-state index contributed by atoms with van der Waals surface area (Å²) in [5.41, 5.74) is 11.1. The normalized spacial score (nSPS) is 11.8. The second kappa shape index (κ2) is 10.8. The van der Waals surface area contributed by atoms with E-state index in [-0.39, 0.29) is 0 Å². The molecule has 0 bridgehead atoms. The highest BCUT2D eigenvalue weighted by Gasteiger charge is 2.22. The molecule has 10 aromatic rings. The minimum absolute atomic E-state index is 1.17. The molecule has 2 aromatic heterocycles. The summed E-state index contributed by atoms with van der Waals surface area (Å²) >= 11 is 1.92. The first-order valence-electron chi connectivity index (χ1n) is 16.4. The van der Waals surface area contributed by atoms with E-state index in [2.05, 4.69) is 180 Å². The maximum Gasteiger partial charge on any atom is 0.0634 e. The van der Waals surface area contributed by atoms with Crippen LogP contribution >= 0.6 is 11.3 Å². The molecule has 0 saturated carbocycles. The second-order valence-corrected chi connectivity index (χ2v) is 13.6. The number of nitrogens with zero attached hydrogens (tertiary/aromatic N) is 1. The van der Waals surface area contributed by atoms with Crippen LogP contribution in [0.25, 0.3) is 91.8 Å². The molecule has 0 unspecified atom stereocenters. The van der Waals surface area contributed by atoms with Crippen molar-refractivity contribution in [3.63, 3.8) is 0 Å². The lowest BCUT2D eigenvalue weighted by Gasteiger charge is -2.12. The fourth-order valence-corrected chi connectivity index (χ4v) is 8.80. The number of rotatable bonds is 4. The molecule has 48 heavy (non-hydrogen) atoms. The topological polar surface area (TPSA) is 4.93 Å². The first kappa shape index (κ1) is 27.2. The molecule has 0 saturated heterocycles. The van der Waals surface area contributed by atoms with Gasteiger partial charge in [0.2, 0.25) is 0 Å². The van der Waals surface area contributed by atoms with Crippen molar-refractivity contribution in [1.82, 2.24) is 4.57 Å². The summed E-state index contributed by atoms with van der Waals surface area (Å²) in [4.78, 5) is 0. The van der Waals surface area contributed by atoms with Gasteiger partial charge in [-0.25, -0.2) is 0 Å². The Balaban J connectivity index is 1.34. The van der Waals surface area contributed by atoms with Crippen molar-refractivity contribution in [3.8, 4) is 39.1 Å². The molecule has 0 spiro atoms. The number of hydrogen-bond donors (Lipinski definition) is 0. The Morgan fingerprint density at radius 1 is 0.354 bits per heavy atom. The van der Waals surface area contributed by atoms with Crippen LogP contribution in [-0.4, -0.2) is 4.57 Å². The van der Waals surface area contributed by atoms with Gasteiger partial charge in [-0.3, -0.25) is 0 Å². The van der Waals surface area contributed by atoms with Crippen LogP contribution < -0.4 is 0 Å². The number of aromatic nitrogens is 1. The van der Waals surface area contributed by atoms with Crippen molar-refractivity contribution in [3.05, 3.63) is 176 Å². The van der Waals surface area contributed by atoms with Crippen LogP contribution in [0.15, 0.2) is 176 Å². The minimum Gasteiger partial charge on any atom is -0.309 e. The Labute approximate surface area is 282 Å². The monoisotopic (exact) mass is 627 g/mol. The summed E-state index contributed by atoms with van der Waals surface area (Å²) in [5.74, 6) is 0. The van der Waals surface area contributed by atoms with Crippen molar-refractivity contribution in [2.24, 2.45) is 0 Å². The Morgan fingerprint density at radius 3 is 1.50 bits per heavy atom. The molecular formula is C46H29NS. The molecule has 0 aliphatic heterocycles. The van der Waals surface area contributed by atoms with Crippen LogP contribution in [0.5, 0.6) is 0 Å². The van der Waals surface area contributed by atoms with Gasteiger partial charge in [0, 0.05) is 42.0 Å². The van der Waals surface area contributed by atoms with Crippen LogP contribution in [0.1, 0.15) is 0 Å². The lowest BCUT2D eigenvalue weighted by molar-refractivity contribution is 1.19. The second-order valence-electron chi connectivity index (χ2n) is 12.5. The predicted molar refractivity (Wildman–Crippen MR) is 207 cm³/mol. The molecule has 1 nitrogen and oxygen atoms in total. The summed E-state index contributed by atoms with van der Waals surface area (Å²) < 4.78 is 5.16. The van der Waals surface area contributed by atoms with Gasteiger partial charge < -0.3 is 4.57 Å². The first-order chi connectivity index (χ1) is 23.8. The van der Waals surface area contributed by atoms with Gasteiger partial charge in [-0.15, -0.1) is 11.3 Å². The van der Waals surface area contributed by atoms with Crippen LogP contribution in [0.2, 0.25) is 0 Å². The standard InChI is InChI=1S/C46H29NS/c1-4-12-30(13-5-1)33-20-24-36(25-21-33)47-41-26-22-34(31-14-6-2-7-15-31)28-39(41)44-45(47)38-19-11-10-18-37(38)43-40-29-35(32-16-8-3-9-17-32)23-27-42(40)48-46(43)44/h1-29H. The van der Waals surface area contributed by atoms with Gasteiger partial charge in [0.05, 0.1) is 11.0 Å². The summed E-state index contributed by atoms with van der Waals surface area (Å²) in [6.07, 6.45) is 0. The van der Waals surface area contributed by atoms with Crippen molar-refractivity contribution >= 4 is 64.1 Å². The highest BCUT2D eigenvalue weighted by Crippen LogP contribution is 2.49. The highest BCUT2D eigenvalue weighted by molar-refractivity contribution is 7.27. The molecule has 0 N–H and O–H groups in total. The van der Waals surface area contributed by atoms with Gasteiger partial charge >= 0.3 is 0 Å². The van der Waals surface area contributed by atoms with Crippen molar-refractivity contribution < 1.29 is 0 Å². The zero-order chi connectivity index (χ0) is 31.6. The average molecular weight is 628 g/mol. The summed E-state index contributed by atoms with van der Waals surface area (Å²) in [7, 11) is 0. The van der Waals surface area contributed by atoms with E-state index >= 15 is 0 Å². The number of thiophene rings is 1. The zero-order valence-corrected chi connectivity index (χ0v) is 26.9. The number of hydrogen-bond acceptors (Lipinski definition) is 1. The summed E-state index contributed by atoms with van der Waals surface area (Å²) in [6, 6.07) is 64.2. The van der Waals surface area contributed by atoms with E-state index in [9.17, 15) is 0 Å². The number of fused-ring (bicyclic) bond motifs is 10. The molecule has 2 heteroatoms. The van der Waals surface area contributed by atoms with Gasteiger partial charge in [-0.1, -0.05) is 140 Å². The molecule has 2 heterocycles. The molecule has 0 amide bonds. The quantitative estimate of drug-likeness (QED) is 0.183. The lowest BCUT2D eigenvalue weighted by atomic mass is 9.97. The third kappa shape index (κ3) is 4.17. The van der Waals surface area contributed by atoms with E-state index in [4.69, 9.17) is 0 Å². The molecule has 0 fully saturated rings. The third-order valence-electron chi connectivity index (χ3n) is 9.78. The lowest BCUT2D eigenvalue weighted by Crippen LogP contribution is -1.95. The van der Waals surface area contributed by atoms with E-state index in [1.54, 1.807) is 0 Å². The molecular weight excluding hydrogens is 599 g/mol. The van der Waals surface area contributed by atoms with E-state index in [1.807, 2.05) is 11.3 Å². The van der Waals surface area contributed by atoms with Gasteiger partial charge in [0.25, 0.3) is 0 Å². The molecule has 0 radical (unpaired) electrons. The van der Waals surface area contributed by atoms with Crippen LogP contribution in [0.3, 0.4) is 0 Å². The van der Waals surface area contributed by atoms with E-state index in [0.717, 1.165) is 0 Å². The van der Waals surface area contributed by atoms with Gasteiger partial charge in [0.15, 0.2) is 0 Å². The van der Waals surface area contributed by atoms with E-state index in [1.165, 1.54) is 91.8 Å². The number of benzene rings is 8. The average Bonchev–Trinajstić information content (AvgIpc) is 3.72. The van der Waals surface area contributed by atoms with Gasteiger partial charge in [-0.2, -0.15) is 0 Å². The van der Waals surface area contributed by atoms with Crippen LogP contribution in [0.4, 0.5) is 0 Å². The third-order valence-corrected chi connectivity index (χ3v) is 11.0. The predicted octanol–water partition coefficient (Wildman–Crippen LogP) is 13.3. The Bertz CT molecular complexity index is 2790. The highest BCUT2D eigenvalue weighted by atomic mass is 32.1. The van der Waals surface area contributed by atoms with Gasteiger partial charge in [-0.05, 0) is 75.2 Å². The van der Waals surface area contributed by atoms with Gasteiger partial charge in [0.1, 0.15) is 0 Å². The molecule has 0 atom stereocenters. The Kier molecular flexibility index (Phi) is 6.12. The maximum absolute atomic E-state index is 2.50. The Hall–Kier alpha value is -5.96. The maximum atomic E-state index is 2.50. The summed E-state index contributed by atoms with van der Waals surface area (Å²) in [5, 5.41) is 7.84. The largest absolute Gasteiger partial charge is 0.309 e. The fraction of sp³-hybridized carbons (Fsp3) is 0.